The van der Waals surface area contributed by atoms with E-state index in [1.54, 1.807) is 36.4 Å². The first-order valence-electron chi connectivity index (χ1n) is 12.4. The number of nitrogens with zero attached hydrogens (tertiary/aromatic N) is 1. The third-order valence-corrected chi connectivity index (χ3v) is 9.01. The lowest BCUT2D eigenvalue weighted by Crippen LogP contribution is -2.47. The molecule has 6 nitrogen and oxygen atoms in total. The van der Waals surface area contributed by atoms with E-state index in [2.05, 4.69) is 19.2 Å². The van der Waals surface area contributed by atoms with Gasteiger partial charge < -0.3 is 10.1 Å². The number of amides is 1. The Bertz CT molecular complexity index is 1330. The fraction of sp³-hybridized carbons (Fsp3) is 0.345. The van der Waals surface area contributed by atoms with Gasteiger partial charge in [-0.15, -0.1) is 0 Å². The van der Waals surface area contributed by atoms with Crippen molar-refractivity contribution in [1.82, 2.24) is 5.32 Å². The smallest absolute Gasteiger partial charge is 0.264 e. The minimum Gasteiger partial charge on any atom is -0.487 e. The number of nitrogens with one attached hydrogen (secondary N) is 1. The second kappa shape index (κ2) is 10.3. The molecule has 36 heavy (non-hydrogen) atoms. The maximum absolute atomic E-state index is 13.7. The molecule has 3 aromatic rings. The molecule has 0 aromatic heterocycles. The van der Waals surface area contributed by atoms with Crippen molar-refractivity contribution in [2.75, 3.05) is 10.8 Å². The van der Waals surface area contributed by atoms with Crippen LogP contribution in [0.1, 0.15) is 55.8 Å². The van der Waals surface area contributed by atoms with E-state index in [0.717, 1.165) is 35.3 Å². The first-order chi connectivity index (χ1) is 17.2. The topological polar surface area (TPSA) is 75.7 Å². The summed E-state index contributed by atoms with van der Waals surface area (Å²) >= 11 is 0. The summed E-state index contributed by atoms with van der Waals surface area (Å²) in [5, 5.41) is 3.12. The number of hydrogen-bond acceptors (Lipinski definition) is 4. The van der Waals surface area contributed by atoms with Crippen LogP contribution in [0.4, 0.5) is 5.69 Å². The van der Waals surface area contributed by atoms with Crippen molar-refractivity contribution in [2.24, 2.45) is 0 Å². The molecule has 0 unspecified atom stereocenters. The molecule has 4 rings (SSSR count). The monoisotopic (exact) mass is 506 g/mol. The number of rotatable bonds is 8. The quantitative estimate of drug-likeness (QED) is 0.425. The van der Waals surface area contributed by atoms with Crippen molar-refractivity contribution in [3.8, 4) is 5.75 Å². The molecule has 0 bridgehead atoms. The average molecular weight is 507 g/mol. The molecule has 0 saturated heterocycles. The fourth-order valence-corrected chi connectivity index (χ4v) is 6.15. The lowest BCUT2D eigenvalue weighted by Gasteiger charge is -2.41. The van der Waals surface area contributed by atoms with Gasteiger partial charge in [0, 0.05) is 12.0 Å². The molecule has 0 saturated carbocycles. The summed E-state index contributed by atoms with van der Waals surface area (Å²) in [6, 6.07) is 21.1. The molecule has 1 aliphatic rings. The Morgan fingerprint density at radius 1 is 0.972 bits per heavy atom. The van der Waals surface area contributed by atoms with Crippen LogP contribution < -0.4 is 14.4 Å². The van der Waals surface area contributed by atoms with E-state index in [0.29, 0.717) is 12.1 Å². The molecule has 1 heterocycles. The summed E-state index contributed by atoms with van der Waals surface area (Å²) in [5.41, 5.74) is 2.99. The summed E-state index contributed by atoms with van der Waals surface area (Å²) < 4.78 is 34.9. The number of carbonyl (C=O) groups is 1. The van der Waals surface area contributed by atoms with Crippen LogP contribution in [0.5, 0.6) is 5.75 Å². The van der Waals surface area contributed by atoms with Crippen molar-refractivity contribution in [3.05, 3.63) is 89.5 Å². The maximum Gasteiger partial charge on any atom is 0.264 e. The number of ether oxygens (including phenoxy) is 1. The van der Waals surface area contributed by atoms with Gasteiger partial charge in [0.15, 0.2) is 0 Å². The minimum absolute atomic E-state index is 0.142. The number of aryl methyl sites for hydroxylation is 2. The highest BCUT2D eigenvalue weighted by Crippen LogP contribution is 2.42. The zero-order valence-electron chi connectivity index (χ0n) is 21.3. The van der Waals surface area contributed by atoms with E-state index in [-0.39, 0.29) is 29.0 Å². The van der Waals surface area contributed by atoms with Crippen LogP contribution in [-0.4, -0.2) is 26.5 Å². The van der Waals surface area contributed by atoms with Crippen molar-refractivity contribution in [2.45, 2.75) is 63.5 Å². The number of hydrogen-bond donors (Lipinski definition) is 1. The molecule has 1 aliphatic heterocycles. The van der Waals surface area contributed by atoms with Gasteiger partial charge >= 0.3 is 0 Å². The highest BCUT2D eigenvalue weighted by Gasteiger charge is 2.39. The fourth-order valence-electron chi connectivity index (χ4n) is 4.72. The standard InChI is InChI=1S/C29H34N2O4S/c1-5-29(6-2)19-26(25-14-10-11-15-27(25)35-29)30-28(32)20-31(23-17-16-21(3)22(4)18-23)36(33,34)24-12-8-7-9-13-24/h7-18,26H,5-6,19-20H2,1-4H3,(H,30,32)/t26-/m0/s1. The first-order valence-corrected chi connectivity index (χ1v) is 13.9. The Hall–Kier alpha value is -3.32. The van der Waals surface area contributed by atoms with Gasteiger partial charge in [0.2, 0.25) is 5.91 Å². The van der Waals surface area contributed by atoms with E-state index in [1.165, 1.54) is 4.31 Å². The van der Waals surface area contributed by atoms with Gasteiger partial charge in [-0.2, -0.15) is 0 Å². The van der Waals surface area contributed by atoms with Crippen LogP contribution in [0.3, 0.4) is 0 Å². The molecule has 1 amide bonds. The van der Waals surface area contributed by atoms with Gasteiger partial charge in [0.05, 0.1) is 16.6 Å². The van der Waals surface area contributed by atoms with E-state index in [4.69, 9.17) is 4.74 Å². The molecule has 1 N–H and O–H groups in total. The molecule has 0 aliphatic carbocycles. The van der Waals surface area contributed by atoms with Crippen LogP contribution in [0, 0.1) is 13.8 Å². The number of benzene rings is 3. The van der Waals surface area contributed by atoms with Crippen molar-refractivity contribution in [1.29, 1.82) is 0 Å². The van der Waals surface area contributed by atoms with E-state index in [9.17, 15) is 13.2 Å². The average Bonchev–Trinajstić information content (AvgIpc) is 2.89. The molecular formula is C29H34N2O4S. The second-order valence-electron chi connectivity index (χ2n) is 9.45. The van der Waals surface area contributed by atoms with Gasteiger partial charge in [0.25, 0.3) is 10.0 Å². The third kappa shape index (κ3) is 5.12. The Balaban J connectivity index is 1.66. The van der Waals surface area contributed by atoms with Gasteiger partial charge in [-0.3, -0.25) is 9.10 Å². The zero-order valence-corrected chi connectivity index (χ0v) is 22.1. The lowest BCUT2D eigenvalue weighted by molar-refractivity contribution is -0.121. The number of anilines is 1. The molecule has 0 spiro atoms. The lowest BCUT2D eigenvalue weighted by atomic mass is 9.83. The van der Waals surface area contributed by atoms with Crippen LogP contribution in [-0.2, 0) is 14.8 Å². The molecule has 7 heteroatoms. The summed E-state index contributed by atoms with van der Waals surface area (Å²) in [5.74, 6) is 0.399. The third-order valence-electron chi connectivity index (χ3n) is 7.22. The largest absolute Gasteiger partial charge is 0.487 e. The van der Waals surface area contributed by atoms with E-state index >= 15 is 0 Å². The predicted octanol–water partition coefficient (Wildman–Crippen LogP) is 5.70. The molecular weight excluding hydrogens is 472 g/mol. The molecule has 190 valence electrons. The van der Waals surface area contributed by atoms with Crippen LogP contribution >= 0.6 is 0 Å². The minimum atomic E-state index is -3.96. The van der Waals surface area contributed by atoms with E-state index in [1.807, 2.05) is 50.2 Å². The summed E-state index contributed by atoms with van der Waals surface area (Å²) in [7, 11) is -3.96. The van der Waals surface area contributed by atoms with Crippen LogP contribution in [0.15, 0.2) is 77.7 Å². The van der Waals surface area contributed by atoms with Crippen molar-refractivity contribution < 1.29 is 17.9 Å². The Morgan fingerprint density at radius 3 is 2.31 bits per heavy atom. The normalized spacial score (nSPS) is 16.5. The Labute approximate surface area is 214 Å². The second-order valence-corrected chi connectivity index (χ2v) is 11.3. The molecule has 0 radical (unpaired) electrons. The SMILES string of the molecule is CCC1(CC)C[C@H](NC(=O)CN(c2ccc(C)c(C)c2)S(=O)(=O)c2ccccc2)c2ccccc2O1. The summed E-state index contributed by atoms with van der Waals surface area (Å²) in [6.45, 7) is 7.75. The van der Waals surface area contributed by atoms with Gasteiger partial charge in [-0.05, 0) is 68.1 Å². The maximum atomic E-state index is 13.7. The van der Waals surface area contributed by atoms with E-state index < -0.39 is 10.0 Å². The Morgan fingerprint density at radius 2 is 1.64 bits per heavy atom. The number of fused-ring (bicyclic) bond motifs is 1. The van der Waals surface area contributed by atoms with Gasteiger partial charge in [-0.25, -0.2) is 8.42 Å². The van der Waals surface area contributed by atoms with Crippen LogP contribution in [0.25, 0.3) is 0 Å². The highest BCUT2D eigenvalue weighted by atomic mass is 32.2. The van der Waals surface area contributed by atoms with Crippen molar-refractivity contribution >= 4 is 21.6 Å². The highest BCUT2D eigenvalue weighted by molar-refractivity contribution is 7.92. The molecule has 1 atom stereocenters. The molecule has 3 aromatic carbocycles. The van der Waals surface area contributed by atoms with Gasteiger partial charge in [0.1, 0.15) is 17.9 Å². The predicted molar refractivity (Wildman–Crippen MR) is 143 cm³/mol. The van der Waals surface area contributed by atoms with Gasteiger partial charge in [-0.1, -0.05) is 56.3 Å². The number of carbonyl (C=O) groups excluding carboxylic acids is 1. The summed E-state index contributed by atoms with van der Waals surface area (Å²) in [4.78, 5) is 13.6. The van der Waals surface area contributed by atoms with Crippen molar-refractivity contribution in [3.63, 3.8) is 0 Å². The summed E-state index contributed by atoms with van der Waals surface area (Å²) in [6.07, 6.45) is 2.24. The number of para-hydroxylation sites is 1. The Kier molecular flexibility index (Phi) is 7.41. The number of sulfonamides is 1. The molecule has 0 fully saturated rings. The zero-order chi connectivity index (χ0) is 25.9. The van der Waals surface area contributed by atoms with Crippen LogP contribution in [0.2, 0.25) is 0 Å². The first kappa shape index (κ1) is 25.8.